The summed E-state index contributed by atoms with van der Waals surface area (Å²) in [4.78, 5) is 19.0. The Kier molecular flexibility index (Phi) is 3.15. The van der Waals surface area contributed by atoms with Crippen LogP contribution in [0.25, 0.3) is 5.65 Å². The van der Waals surface area contributed by atoms with Gasteiger partial charge in [0.05, 0.1) is 6.54 Å². The number of fused-ring (bicyclic) bond motifs is 1. The summed E-state index contributed by atoms with van der Waals surface area (Å²) in [5.41, 5.74) is 0.831. The van der Waals surface area contributed by atoms with Crippen LogP contribution >= 0.6 is 11.3 Å². The average Bonchev–Trinajstić information content (AvgIpc) is 3.04. The number of carboxylic acid groups (broad SMARTS) is 1. The van der Waals surface area contributed by atoms with E-state index in [1.807, 2.05) is 35.5 Å². The van der Waals surface area contributed by atoms with Crippen LogP contribution in [-0.2, 0) is 6.54 Å². The highest BCUT2D eigenvalue weighted by atomic mass is 32.1. The zero-order chi connectivity index (χ0) is 14.1. The molecule has 0 saturated heterocycles. The molecule has 102 valence electrons. The molecule has 20 heavy (non-hydrogen) atoms. The van der Waals surface area contributed by atoms with Crippen molar-refractivity contribution in [2.24, 2.45) is 0 Å². The molecule has 3 aromatic heterocycles. The van der Waals surface area contributed by atoms with Crippen LogP contribution in [0.4, 0.5) is 5.82 Å². The number of rotatable bonds is 4. The van der Waals surface area contributed by atoms with Crippen molar-refractivity contribution < 1.29 is 9.90 Å². The molecular formula is C14H13N3O2S. The summed E-state index contributed by atoms with van der Waals surface area (Å²) in [7, 11) is 1.86. The van der Waals surface area contributed by atoms with Gasteiger partial charge in [-0.1, -0.05) is 12.1 Å². The van der Waals surface area contributed by atoms with E-state index in [1.54, 1.807) is 34.1 Å². The minimum absolute atomic E-state index is 0.194. The monoisotopic (exact) mass is 287 g/mol. The predicted octanol–water partition coefficient (Wildman–Crippen LogP) is 2.73. The van der Waals surface area contributed by atoms with Crippen molar-refractivity contribution in [3.8, 4) is 0 Å². The number of pyridine rings is 1. The smallest absolute Gasteiger partial charge is 0.356 e. The van der Waals surface area contributed by atoms with E-state index in [2.05, 4.69) is 4.98 Å². The van der Waals surface area contributed by atoms with E-state index in [0.717, 1.165) is 0 Å². The standard InChI is InChI=1S/C14H13N3O2S/c1-16(9-10-5-4-8-20-10)13-12(14(18)19)17-7-3-2-6-11(17)15-13/h2-8H,9H2,1H3,(H,18,19). The van der Waals surface area contributed by atoms with Gasteiger partial charge in [0, 0.05) is 18.1 Å². The lowest BCUT2D eigenvalue weighted by Crippen LogP contribution is -2.19. The molecule has 3 heterocycles. The maximum Gasteiger partial charge on any atom is 0.356 e. The zero-order valence-electron chi connectivity index (χ0n) is 10.9. The van der Waals surface area contributed by atoms with Crippen molar-refractivity contribution in [2.75, 3.05) is 11.9 Å². The molecule has 5 nitrogen and oxygen atoms in total. The van der Waals surface area contributed by atoms with Crippen LogP contribution < -0.4 is 4.90 Å². The SMILES string of the molecule is CN(Cc1cccs1)c1nc2ccccn2c1C(=O)O. The van der Waals surface area contributed by atoms with Crippen LogP contribution in [0.2, 0.25) is 0 Å². The summed E-state index contributed by atoms with van der Waals surface area (Å²) in [5, 5.41) is 11.4. The number of hydrogen-bond acceptors (Lipinski definition) is 4. The predicted molar refractivity (Wildman–Crippen MR) is 78.6 cm³/mol. The molecule has 0 fully saturated rings. The fraction of sp³-hybridized carbons (Fsp3) is 0.143. The van der Waals surface area contributed by atoms with Gasteiger partial charge < -0.3 is 10.0 Å². The van der Waals surface area contributed by atoms with Crippen molar-refractivity contribution in [3.63, 3.8) is 0 Å². The molecule has 3 rings (SSSR count). The van der Waals surface area contributed by atoms with Gasteiger partial charge in [-0.15, -0.1) is 11.3 Å². The Morgan fingerprint density at radius 2 is 2.25 bits per heavy atom. The first kappa shape index (κ1) is 12.7. The zero-order valence-corrected chi connectivity index (χ0v) is 11.7. The minimum Gasteiger partial charge on any atom is -0.476 e. The van der Waals surface area contributed by atoms with E-state index in [9.17, 15) is 9.90 Å². The van der Waals surface area contributed by atoms with Gasteiger partial charge in [-0.3, -0.25) is 4.40 Å². The van der Waals surface area contributed by atoms with Gasteiger partial charge in [0.1, 0.15) is 5.65 Å². The molecule has 6 heteroatoms. The molecular weight excluding hydrogens is 274 g/mol. The summed E-state index contributed by atoms with van der Waals surface area (Å²) in [6, 6.07) is 9.45. The minimum atomic E-state index is -0.975. The molecule has 1 N–H and O–H groups in total. The summed E-state index contributed by atoms with van der Waals surface area (Å²) >= 11 is 1.64. The number of aromatic carboxylic acids is 1. The van der Waals surface area contributed by atoms with E-state index in [-0.39, 0.29) is 5.69 Å². The number of thiophene rings is 1. The van der Waals surface area contributed by atoms with Gasteiger partial charge in [-0.05, 0) is 23.6 Å². The number of imidazole rings is 1. The van der Waals surface area contributed by atoms with Gasteiger partial charge >= 0.3 is 5.97 Å². The number of nitrogens with zero attached hydrogens (tertiary/aromatic N) is 3. The normalized spacial score (nSPS) is 10.8. The third-order valence-corrected chi connectivity index (χ3v) is 3.91. The van der Waals surface area contributed by atoms with E-state index in [1.165, 1.54) is 4.88 Å². The lowest BCUT2D eigenvalue weighted by molar-refractivity contribution is 0.0690. The molecule has 0 bridgehead atoms. The fourth-order valence-electron chi connectivity index (χ4n) is 2.16. The lowest BCUT2D eigenvalue weighted by atomic mass is 10.3. The Morgan fingerprint density at radius 3 is 2.95 bits per heavy atom. The van der Waals surface area contributed by atoms with Gasteiger partial charge in [-0.25, -0.2) is 9.78 Å². The number of carboxylic acids is 1. The summed E-state index contributed by atoms with van der Waals surface area (Å²) in [6.07, 6.45) is 1.72. The third-order valence-electron chi connectivity index (χ3n) is 3.05. The van der Waals surface area contributed by atoms with E-state index in [0.29, 0.717) is 18.0 Å². The van der Waals surface area contributed by atoms with E-state index >= 15 is 0 Å². The molecule has 3 aromatic rings. The second-order valence-corrected chi connectivity index (χ2v) is 5.49. The first-order valence-electron chi connectivity index (χ1n) is 6.10. The van der Waals surface area contributed by atoms with Crippen LogP contribution in [0.15, 0.2) is 41.9 Å². The highest BCUT2D eigenvalue weighted by Crippen LogP contribution is 2.23. The van der Waals surface area contributed by atoms with Crippen LogP contribution in [0.1, 0.15) is 15.4 Å². The summed E-state index contributed by atoms with van der Waals surface area (Å²) in [5.74, 6) is -0.492. The number of hydrogen-bond donors (Lipinski definition) is 1. The van der Waals surface area contributed by atoms with Crippen molar-refractivity contribution in [1.29, 1.82) is 0 Å². The molecule has 0 saturated carbocycles. The number of aromatic nitrogens is 2. The Bertz CT molecular complexity index is 749. The first-order valence-corrected chi connectivity index (χ1v) is 6.98. The highest BCUT2D eigenvalue weighted by Gasteiger charge is 2.21. The fourth-order valence-corrected chi connectivity index (χ4v) is 2.92. The van der Waals surface area contributed by atoms with Crippen molar-refractivity contribution >= 4 is 28.8 Å². The number of carbonyl (C=O) groups is 1. The quantitative estimate of drug-likeness (QED) is 0.801. The molecule has 0 radical (unpaired) electrons. The third kappa shape index (κ3) is 2.14. The van der Waals surface area contributed by atoms with Gasteiger partial charge in [0.15, 0.2) is 11.5 Å². The van der Waals surface area contributed by atoms with Crippen molar-refractivity contribution in [1.82, 2.24) is 9.38 Å². The Morgan fingerprint density at radius 1 is 1.40 bits per heavy atom. The molecule has 0 aliphatic rings. The molecule has 0 unspecified atom stereocenters. The molecule has 0 aliphatic heterocycles. The van der Waals surface area contributed by atoms with E-state index < -0.39 is 5.97 Å². The van der Waals surface area contributed by atoms with Gasteiger partial charge in [0.2, 0.25) is 0 Å². The summed E-state index contributed by atoms with van der Waals surface area (Å²) in [6.45, 7) is 0.641. The molecule has 0 aromatic carbocycles. The average molecular weight is 287 g/mol. The molecule has 0 atom stereocenters. The lowest BCUT2D eigenvalue weighted by Gasteiger charge is -2.16. The van der Waals surface area contributed by atoms with Gasteiger partial charge in [0.25, 0.3) is 0 Å². The maximum absolute atomic E-state index is 11.5. The van der Waals surface area contributed by atoms with Crippen LogP contribution in [0, 0.1) is 0 Å². The van der Waals surface area contributed by atoms with Crippen molar-refractivity contribution in [2.45, 2.75) is 6.54 Å². The highest BCUT2D eigenvalue weighted by molar-refractivity contribution is 7.09. The number of anilines is 1. The van der Waals surface area contributed by atoms with Crippen molar-refractivity contribution in [3.05, 3.63) is 52.5 Å². The van der Waals surface area contributed by atoms with Crippen LogP contribution in [0.5, 0.6) is 0 Å². The largest absolute Gasteiger partial charge is 0.476 e. The van der Waals surface area contributed by atoms with Gasteiger partial charge in [-0.2, -0.15) is 0 Å². The van der Waals surface area contributed by atoms with Crippen LogP contribution in [-0.4, -0.2) is 27.5 Å². The van der Waals surface area contributed by atoms with E-state index in [4.69, 9.17) is 0 Å². The Hall–Kier alpha value is -2.34. The molecule has 0 aliphatic carbocycles. The molecule has 0 spiro atoms. The first-order chi connectivity index (χ1) is 9.66. The van der Waals surface area contributed by atoms with Crippen LogP contribution in [0.3, 0.4) is 0 Å². The maximum atomic E-state index is 11.5. The summed E-state index contributed by atoms with van der Waals surface area (Å²) < 4.78 is 1.60. The molecule has 0 amide bonds. The topological polar surface area (TPSA) is 57.8 Å². The second kappa shape index (κ2) is 4.97. The Balaban J connectivity index is 2.06. The Labute approximate surface area is 119 Å². The second-order valence-electron chi connectivity index (χ2n) is 4.45.